The highest BCUT2D eigenvalue weighted by Gasteiger charge is 2.38. The lowest BCUT2D eigenvalue weighted by atomic mass is 9.81. The van der Waals surface area contributed by atoms with Gasteiger partial charge in [0.15, 0.2) is 0 Å². The highest BCUT2D eigenvalue weighted by Crippen LogP contribution is 2.36. The van der Waals surface area contributed by atoms with Crippen LogP contribution in [-0.4, -0.2) is 59.6 Å². The maximum atomic E-state index is 12.6. The molecule has 136 valence electrons. The largest absolute Gasteiger partial charge is 0.356 e. The number of aromatic amines is 1. The molecule has 25 heavy (non-hydrogen) atoms. The van der Waals surface area contributed by atoms with Gasteiger partial charge in [0.1, 0.15) is 17.8 Å². The van der Waals surface area contributed by atoms with Gasteiger partial charge in [-0.25, -0.2) is 22.7 Å². The molecule has 1 aliphatic heterocycles. The summed E-state index contributed by atoms with van der Waals surface area (Å²) in [5.74, 6) is 1.92. The third-order valence-corrected chi connectivity index (χ3v) is 7.66. The Morgan fingerprint density at radius 3 is 2.88 bits per heavy atom. The lowest BCUT2D eigenvalue weighted by molar-refractivity contribution is 0.278. The van der Waals surface area contributed by atoms with Gasteiger partial charge in [-0.1, -0.05) is 6.92 Å². The smallest absolute Gasteiger partial charge is 0.214 e. The molecule has 1 atom stereocenters. The molecule has 0 bridgehead atoms. The highest BCUT2D eigenvalue weighted by atomic mass is 32.2. The van der Waals surface area contributed by atoms with Gasteiger partial charge in [-0.3, -0.25) is 0 Å². The molecule has 1 saturated heterocycles. The molecule has 0 spiro atoms. The van der Waals surface area contributed by atoms with Crippen LogP contribution in [0, 0.1) is 11.8 Å². The van der Waals surface area contributed by atoms with Gasteiger partial charge in [-0.05, 0) is 37.2 Å². The molecule has 0 radical (unpaired) electrons. The first-order valence-electron chi connectivity index (χ1n) is 8.93. The van der Waals surface area contributed by atoms with E-state index in [1.807, 2.05) is 19.3 Å². The number of nitrogens with one attached hydrogen (secondary N) is 1. The van der Waals surface area contributed by atoms with Gasteiger partial charge in [0, 0.05) is 32.4 Å². The van der Waals surface area contributed by atoms with Crippen molar-refractivity contribution in [2.24, 2.45) is 11.8 Å². The average Bonchev–Trinajstić information content (AvgIpc) is 3.18. The van der Waals surface area contributed by atoms with Crippen LogP contribution in [0.3, 0.4) is 0 Å². The molecular formula is C17H25N5O2S. The van der Waals surface area contributed by atoms with Crippen molar-refractivity contribution in [3.05, 3.63) is 18.6 Å². The lowest BCUT2D eigenvalue weighted by Crippen LogP contribution is -2.46. The normalized spacial score (nSPS) is 27.5. The standard InChI is InChI=1S/C17H25N5O2S/c1-12-4-6-22(9-12)25(23,24)10-13-7-14(8-13)21(2)17-15-3-5-18-16(15)19-11-20-17/h3,5,11-14H,4,6-10H2,1-2H3,(H,18,19,20). The number of hydrogen-bond donors (Lipinski definition) is 1. The zero-order chi connectivity index (χ0) is 17.6. The molecule has 2 fully saturated rings. The fourth-order valence-corrected chi connectivity index (χ4v) is 5.96. The summed E-state index contributed by atoms with van der Waals surface area (Å²) in [7, 11) is -1.07. The van der Waals surface area contributed by atoms with Gasteiger partial charge < -0.3 is 9.88 Å². The molecule has 4 rings (SSSR count). The Morgan fingerprint density at radius 1 is 1.36 bits per heavy atom. The van der Waals surface area contributed by atoms with Crippen LogP contribution in [0.4, 0.5) is 5.82 Å². The van der Waals surface area contributed by atoms with Gasteiger partial charge in [-0.2, -0.15) is 0 Å². The summed E-state index contributed by atoms with van der Waals surface area (Å²) in [6.07, 6.45) is 6.21. The van der Waals surface area contributed by atoms with E-state index in [0.717, 1.165) is 36.1 Å². The Hall–Kier alpha value is -1.67. The number of anilines is 1. The molecule has 2 aromatic rings. The van der Waals surface area contributed by atoms with Crippen molar-refractivity contribution in [1.82, 2.24) is 19.3 Å². The first-order valence-corrected chi connectivity index (χ1v) is 10.5. The maximum Gasteiger partial charge on any atom is 0.214 e. The number of rotatable bonds is 5. The maximum absolute atomic E-state index is 12.6. The van der Waals surface area contributed by atoms with Crippen LogP contribution in [0.1, 0.15) is 26.2 Å². The Balaban J connectivity index is 1.38. The monoisotopic (exact) mass is 363 g/mol. The van der Waals surface area contributed by atoms with E-state index in [1.54, 1.807) is 10.6 Å². The molecule has 1 N–H and O–H groups in total. The molecule has 3 heterocycles. The van der Waals surface area contributed by atoms with E-state index in [0.29, 0.717) is 25.0 Å². The van der Waals surface area contributed by atoms with Gasteiger partial charge in [0.05, 0.1) is 11.1 Å². The molecule has 1 aliphatic carbocycles. The molecule has 1 unspecified atom stereocenters. The van der Waals surface area contributed by atoms with Crippen LogP contribution in [-0.2, 0) is 10.0 Å². The average molecular weight is 363 g/mol. The van der Waals surface area contributed by atoms with Gasteiger partial charge in [0.2, 0.25) is 10.0 Å². The molecule has 7 nitrogen and oxygen atoms in total. The second-order valence-electron chi connectivity index (χ2n) is 7.57. The Labute approximate surface area is 148 Å². The van der Waals surface area contributed by atoms with Crippen LogP contribution in [0.25, 0.3) is 11.0 Å². The zero-order valence-electron chi connectivity index (χ0n) is 14.7. The van der Waals surface area contributed by atoms with Crippen LogP contribution in [0.2, 0.25) is 0 Å². The lowest BCUT2D eigenvalue weighted by Gasteiger charge is -2.42. The molecular weight excluding hydrogens is 338 g/mol. The van der Waals surface area contributed by atoms with E-state index in [-0.39, 0.29) is 11.7 Å². The molecule has 2 aliphatic rings. The fraction of sp³-hybridized carbons (Fsp3) is 0.647. The fourth-order valence-electron chi connectivity index (χ4n) is 4.02. The van der Waals surface area contributed by atoms with Crippen molar-refractivity contribution >= 4 is 26.9 Å². The van der Waals surface area contributed by atoms with Crippen molar-refractivity contribution in [3.63, 3.8) is 0 Å². The zero-order valence-corrected chi connectivity index (χ0v) is 15.5. The summed E-state index contributed by atoms with van der Waals surface area (Å²) in [6.45, 7) is 3.49. The summed E-state index contributed by atoms with van der Waals surface area (Å²) >= 11 is 0. The third-order valence-electron chi connectivity index (χ3n) is 5.65. The Kier molecular flexibility index (Phi) is 4.19. The quantitative estimate of drug-likeness (QED) is 0.877. The van der Waals surface area contributed by atoms with E-state index >= 15 is 0 Å². The van der Waals surface area contributed by atoms with Gasteiger partial charge in [0.25, 0.3) is 0 Å². The van der Waals surface area contributed by atoms with E-state index in [2.05, 4.69) is 26.8 Å². The molecule has 0 aromatic carbocycles. The van der Waals surface area contributed by atoms with Gasteiger partial charge in [-0.15, -0.1) is 0 Å². The number of hydrogen-bond acceptors (Lipinski definition) is 5. The van der Waals surface area contributed by atoms with E-state index in [4.69, 9.17) is 0 Å². The second kappa shape index (κ2) is 6.25. The number of sulfonamides is 1. The van der Waals surface area contributed by atoms with Gasteiger partial charge >= 0.3 is 0 Å². The third kappa shape index (κ3) is 3.13. The Bertz CT molecular complexity index is 859. The highest BCUT2D eigenvalue weighted by molar-refractivity contribution is 7.89. The minimum atomic E-state index is -3.11. The molecule has 1 saturated carbocycles. The summed E-state index contributed by atoms with van der Waals surface area (Å²) < 4.78 is 26.8. The molecule has 0 amide bonds. The molecule has 8 heteroatoms. The summed E-state index contributed by atoms with van der Waals surface area (Å²) in [5, 5.41) is 1.01. The minimum Gasteiger partial charge on any atom is -0.356 e. The second-order valence-corrected chi connectivity index (χ2v) is 9.58. The van der Waals surface area contributed by atoms with Crippen molar-refractivity contribution < 1.29 is 8.42 Å². The molecule has 2 aromatic heterocycles. The number of H-pyrrole nitrogens is 1. The summed E-state index contributed by atoms with van der Waals surface area (Å²) in [5.41, 5.74) is 0.832. The topological polar surface area (TPSA) is 82.2 Å². The van der Waals surface area contributed by atoms with Crippen molar-refractivity contribution in [1.29, 1.82) is 0 Å². The predicted octanol–water partition coefficient (Wildman–Crippen LogP) is 1.84. The van der Waals surface area contributed by atoms with Crippen molar-refractivity contribution in [3.8, 4) is 0 Å². The van der Waals surface area contributed by atoms with Crippen molar-refractivity contribution in [2.45, 2.75) is 32.2 Å². The van der Waals surface area contributed by atoms with Crippen LogP contribution in [0.15, 0.2) is 18.6 Å². The van der Waals surface area contributed by atoms with Crippen LogP contribution in [0.5, 0.6) is 0 Å². The summed E-state index contributed by atoms with van der Waals surface area (Å²) in [4.78, 5) is 13.9. The first kappa shape index (κ1) is 16.8. The number of nitrogens with zero attached hydrogens (tertiary/aromatic N) is 4. The summed E-state index contributed by atoms with van der Waals surface area (Å²) in [6, 6.07) is 2.32. The van der Waals surface area contributed by atoms with Crippen LogP contribution >= 0.6 is 0 Å². The predicted molar refractivity (Wildman–Crippen MR) is 97.9 cm³/mol. The first-order chi connectivity index (χ1) is 11.9. The van der Waals surface area contributed by atoms with E-state index in [1.165, 1.54) is 0 Å². The van der Waals surface area contributed by atoms with Crippen LogP contribution < -0.4 is 4.90 Å². The Morgan fingerprint density at radius 2 is 2.16 bits per heavy atom. The SMILES string of the molecule is CC1CCN(S(=O)(=O)CC2CC(N(C)c3ncnc4[nH]ccc34)C2)C1. The number of fused-ring (bicyclic) bond motifs is 1. The minimum absolute atomic E-state index is 0.247. The van der Waals surface area contributed by atoms with Crippen molar-refractivity contribution in [2.75, 3.05) is 30.8 Å². The van der Waals surface area contributed by atoms with E-state index in [9.17, 15) is 8.42 Å². The number of aromatic nitrogens is 3. The van der Waals surface area contributed by atoms with E-state index < -0.39 is 10.0 Å².